The van der Waals surface area contributed by atoms with Gasteiger partial charge in [-0.15, -0.1) is 0 Å². The van der Waals surface area contributed by atoms with E-state index in [1.54, 1.807) is 25.3 Å². The molecule has 1 fully saturated rings. The molecule has 0 bridgehead atoms. The number of hydrazine groups is 1. The van der Waals surface area contributed by atoms with E-state index in [9.17, 15) is 9.59 Å². The Morgan fingerprint density at radius 2 is 1.91 bits per heavy atom. The fraction of sp³-hybridized carbons (Fsp3) is 0.385. The average molecular weight is 465 g/mol. The van der Waals surface area contributed by atoms with E-state index in [0.717, 1.165) is 5.56 Å². The highest BCUT2D eigenvalue weighted by Gasteiger charge is 2.39. The molecule has 0 aliphatic carbocycles. The van der Waals surface area contributed by atoms with Gasteiger partial charge >= 0.3 is 0 Å². The van der Waals surface area contributed by atoms with Crippen LogP contribution in [0.5, 0.6) is 11.5 Å². The van der Waals surface area contributed by atoms with Crippen molar-refractivity contribution in [3.05, 3.63) is 71.1 Å². The van der Waals surface area contributed by atoms with Crippen molar-refractivity contribution in [1.82, 2.24) is 20.7 Å². The molecule has 2 atom stereocenters. The number of aryl methyl sites for hydroxylation is 2. The number of ether oxygens (including phenoxy) is 2. The maximum Gasteiger partial charge on any atom is 0.250 e. The van der Waals surface area contributed by atoms with Gasteiger partial charge in [-0.3, -0.25) is 9.59 Å². The number of hydrogen-bond acceptors (Lipinski definition) is 6. The molecule has 34 heavy (non-hydrogen) atoms. The van der Waals surface area contributed by atoms with Crippen molar-refractivity contribution in [2.45, 2.75) is 45.3 Å². The van der Waals surface area contributed by atoms with Crippen molar-refractivity contribution in [3.63, 3.8) is 0 Å². The first-order valence-electron chi connectivity index (χ1n) is 11.5. The standard InChI is InChI=1S/C26H32N4O4/c1-17-5-6-19(13-18(17)2)22-15-23-26(32)29(11-12-30(23)28-22)10-9-25(31)27-16-20-14-21(33-3)7-8-24(20)34-4/h5-8,11-14,22-23,28H,9-10,15-16H2,1-4H3,(H,27,31). The van der Waals surface area contributed by atoms with Crippen molar-refractivity contribution in [2.75, 3.05) is 20.8 Å². The van der Waals surface area contributed by atoms with Gasteiger partial charge in [0.1, 0.15) is 17.5 Å². The third kappa shape index (κ3) is 5.02. The highest BCUT2D eigenvalue weighted by molar-refractivity contribution is 5.85. The summed E-state index contributed by atoms with van der Waals surface area (Å²) in [4.78, 5) is 27.2. The molecular formula is C26H32N4O4. The molecule has 0 saturated carbocycles. The molecule has 4 rings (SSSR count). The fourth-order valence-electron chi connectivity index (χ4n) is 4.34. The van der Waals surface area contributed by atoms with Gasteiger partial charge in [-0.2, -0.15) is 0 Å². The lowest BCUT2D eigenvalue weighted by Crippen LogP contribution is -2.48. The molecule has 2 aromatic rings. The SMILES string of the molecule is COc1ccc(OC)c(CNC(=O)CCN2C=CN3NC(c4ccc(C)c(C)c4)CC3C2=O)c1. The molecule has 1 saturated heterocycles. The molecule has 0 spiro atoms. The number of nitrogens with zero attached hydrogens (tertiary/aromatic N) is 2. The molecule has 180 valence electrons. The normalized spacial score (nSPS) is 19.2. The molecule has 2 unspecified atom stereocenters. The van der Waals surface area contributed by atoms with Crippen LogP contribution in [0, 0.1) is 13.8 Å². The minimum Gasteiger partial charge on any atom is -0.497 e. The van der Waals surface area contributed by atoms with Gasteiger partial charge in [0.05, 0.1) is 20.3 Å². The maximum absolute atomic E-state index is 13.1. The molecule has 2 amide bonds. The summed E-state index contributed by atoms with van der Waals surface area (Å²) in [5.74, 6) is 1.25. The van der Waals surface area contributed by atoms with Crippen LogP contribution in [0.2, 0.25) is 0 Å². The summed E-state index contributed by atoms with van der Waals surface area (Å²) < 4.78 is 10.6. The monoisotopic (exact) mass is 464 g/mol. The van der Waals surface area contributed by atoms with E-state index in [4.69, 9.17) is 9.47 Å². The smallest absolute Gasteiger partial charge is 0.250 e. The van der Waals surface area contributed by atoms with Crippen LogP contribution in [-0.4, -0.2) is 48.5 Å². The van der Waals surface area contributed by atoms with Crippen LogP contribution in [0.25, 0.3) is 0 Å². The molecule has 0 aromatic heterocycles. The summed E-state index contributed by atoms with van der Waals surface area (Å²) in [5, 5.41) is 4.79. The molecular weight excluding hydrogens is 432 g/mol. The van der Waals surface area contributed by atoms with Crippen LogP contribution in [0.15, 0.2) is 48.8 Å². The highest BCUT2D eigenvalue weighted by Crippen LogP contribution is 2.31. The number of fused-ring (bicyclic) bond motifs is 1. The summed E-state index contributed by atoms with van der Waals surface area (Å²) in [6.45, 7) is 4.84. The van der Waals surface area contributed by atoms with Crippen LogP contribution in [0.3, 0.4) is 0 Å². The summed E-state index contributed by atoms with van der Waals surface area (Å²) in [6, 6.07) is 11.7. The zero-order chi connectivity index (χ0) is 24.2. The Morgan fingerprint density at radius 3 is 2.65 bits per heavy atom. The van der Waals surface area contributed by atoms with E-state index in [1.807, 2.05) is 29.4 Å². The zero-order valence-electron chi connectivity index (χ0n) is 20.1. The number of carbonyl (C=O) groups is 2. The Balaban J connectivity index is 1.30. The van der Waals surface area contributed by atoms with Gasteiger partial charge in [0.25, 0.3) is 5.91 Å². The second-order valence-corrected chi connectivity index (χ2v) is 8.72. The fourth-order valence-corrected chi connectivity index (χ4v) is 4.34. The Bertz CT molecular complexity index is 1100. The third-order valence-corrected chi connectivity index (χ3v) is 6.55. The lowest BCUT2D eigenvalue weighted by Gasteiger charge is -2.31. The summed E-state index contributed by atoms with van der Waals surface area (Å²) in [6.07, 6.45) is 4.52. The third-order valence-electron chi connectivity index (χ3n) is 6.55. The van der Waals surface area contributed by atoms with Crippen molar-refractivity contribution >= 4 is 11.8 Å². The zero-order valence-corrected chi connectivity index (χ0v) is 20.1. The topological polar surface area (TPSA) is 83.1 Å². The Labute approximate surface area is 200 Å². The average Bonchev–Trinajstić information content (AvgIpc) is 3.29. The molecule has 2 heterocycles. The first-order valence-corrected chi connectivity index (χ1v) is 11.5. The van der Waals surface area contributed by atoms with E-state index in [0.29, 0.717) is 31.0 Å². The first-order chi connectivity index (χ1) is 16.4. The van der Waals surface area contributed by atoms with Crippen LogP contribution < -0.4 is 20.2 Å². The van der Waals surface area contributed by atoms with Gasteiger partial charge in [-0.1, -0.05) is 18.2 Å². The van der Waals surface area contributed by atoms with E-state index in [2.05, 4.69) is 42.8 Å². The number of nitrogens with one attached hydrogen (secondary N) is 2. The number of rotatable bonds is 8. The van der Waals surface area contributed by atoms with E-state index in [1.165, 1.54) is 16.7 Å². The molecule has 8 heteroatoms. The first kappa shape index (κ1) is 23.6. The predicted octanol–water partition coefficient (Wildman–Crippen LogP) is 2.96. The maximum atomic E-state index is 13.1. The lowest BCUT2D eigenvalue weighted by atomic mass is 9.97. The molecule has 2 N–H and O–H groups in total. The van der Waals surface area contributed by atoms with Gasteiger partial charge in [0, 0.05) is 37.5 Å². The minimum absolute atomic E-state index is 0.00333. The van der Waals surface area contributed by atoms with Gasteiger partial charge < -0.3 is 24.7 Å². The molecule has 8 nitrogen and oxygen atoms in total. The van der Waals surface area contributed by atoms with Gasteiger partial charge in [0.15, 0.2) is 0 Å². The van der Waals surface area contributed by atoms with Gasteiger partial charge in [0.2, 0.25) is 5.91 Å². The Kier molecular flexibility index (Phi) is 7.07. The summed E-state index contributed by atoms with van der Waals surface area (Å²) in [7, 11) is 3.19. The van der Waals surface area contributed by atoms with Crippen LogP contribution in [0.1, 0.15) is 41.1 Å². The lowest BCUT2D eigenvalue weighted by molar-refractivity contribution is -0.134. The van der Waals surface area contributed by atoms with Crippen LogP contribution in [0.4, 0.5) is 0 Å². The van der Waals surface area contributed by atoms with Gasteiger partial charge in [-0.25, -0.2) is 5.43 Å². The molecule has 2 aliphatic rings. The van der Waals surface area contributed by atoms with Crippen molar-refractivity contribution < 1.29 is 19.1 Å². The largest absolute Gasteiger partial charge is 0.497 e. The van der Waals surface area contributed by atoms with Crippen molar-refractivity contribution in [3.8, 4) is 11.5 Å². The Hall–Kier alpha value is -3.52. The van der Waals surface area contributed by atoms with E-state index < -0.39 is 0 Å². The number of benzene rings is 2. The van der Waals surface area contributed by atoms with Crippen LogP contribution >= 0.6 is 0 Å². The van der Waals surface area contributed by atoms with Crippen molar-refractivity contribution in [1.29, 1.82) is 0 Å². The molecule has 0 radical (unpaired) electrons. The number of methoxy groups -OCH3 is 2. The predicted molar refractivity (Wildman–Crippen MR) is 129 cm³/mol. The Morgan fingerprint density at radius 1 is 1.09 bits per heavy atom. The second-order valence-electron chi connectivity index (χ2n) is 8.72. The minimum atomic E-state index is -0.277. The number of carbonyl (C=O) groups excluding carboxylic acids is 2. The molecule has 2 aromatic carbocycles. The number of hydrogen-bond donors (Lipinski definition) is 2. The van der Waals surface area contributed by atoms with E-state index in [-0.39, 0.29) is 30.3 Å². The van der Waals surface area contributed by atoms with Crippen molar-refractivity contribution in [2.24, 2.45) is 0 Å². The van der Waals surface area contributed by atoms with Gasteiger partial charge in [-0.05, 0) is 55.2 Å². The van der Waals surface area contributed by atoms with Crippen LogP contribution in [-0.2, 0) is 16.1 Å². The second kappa shape index (κ2) is 10.2. The molecule has 2 aliphatic heterocycles. The highest BCUT2D eigenvalue weighted by atomic mass is 16.5. The summed E-state index contributed by atoms with van der Waals surface area (Å²) >= 11 is 0. The number of amides is 2. The summed E-state index contributed by atoms with van der Waals surface area (Å²) in [5.41, 5.74) is 7.93. The quantitative estimate of drug-likeness (QED) is 0.625. The van der Waals surface area contributed by atoms with E-state index >= 15 is 0 Å².